The van der Waals surface area contributed by atoms with Gasteiger partial charge in [0.25, 0.3) is 5.91 Å². The first-order valence-electron chi connectivity index (χ1n) is 9.33. The van der Waals surface area contributed by atoms with Crippen molar-refractivity contribution in [2.75, 3.05) is 5.32 Å². The minimum Gasteiger partial charge on any atom is -0.488 e. The summed E-state index contributed by atoms with van der Waals surface area (Å²) in [6, 6.07) is 7.73. The second-order valence-electron chi connectivity index (χ2n) is 6.88. The standard InChI is InChI=1S/C21H21N5O3S/c1-12-6-5-7-18(13(12)2)28-10-15-14(3)29-25-19(15)20(27)24-21-23-16(11-30-21)17-8-9-22-26(17)4/h5-9,11H,10H2,1-4H3,(H,23,24,27). The highest BCUT2D eigenvalue weighted by molar-refractivity contribution is 7.14. The van der Waals surface area contributed by atoms with E-state index in [1.165, 1.54) is 11.3 Å². The minimum atomic E-state index is -0.391. The number of hydrogen-bond acceptors (Lipinski definition) is 7. The van der Waals surface area contributed by atoms with Crippen molar-refractivity contribution in [2.45, 2.75) is 27.4 Å². The number of aryl methyl sites for hydroxylation is 3. The third kappa shape index (κ3) is 3.84. The molecule has 0 saturated heterocycles. The third-order valence-electron chi connectivity index (χ3n) is 4.93. The number of carbonyl (C=O) groups excluding carboxylic acids is 1. The van der Waals surface area contributed by atoms with Crippen LogP contribution in [-0.4, -0.2) is 25.8 Å². The highest BCUT2D eigenvalue weighted by Gasteiger charge is 2.22. The zero-order valence-corrected chi connectivity index (χ0v) is 17.9. The lowest BCUT2D eigenvalue weighted by molar-refractivity contribution is 0.101. The van der Waals surface area contributed by atoms with Crippen LogP contribution in [0.4, 0.5) is 5.13 Å². The van der Waals surface area contributed by atoms with E-state index < -0.39 is 5.91 Å². The first kappa shape index (κ1) is 19.8. The Morgan fingerprint density at radius 1 is 1.27 bits per heavy atom. The zero-order chi connectivity index (χ0) is 21.3. The van der Waals surface area contributed by atoms with Gasteiger partial charge in [-0.3, -0.25) is 14.8 Å². The molecule has 0 aliphatic rings. The average molecular weight is 423 g/mol. The number of aromatic nitrogens is 4. The Morgan fingerprint density at radius 3 is 2.87 bits per heavy atom. The van der Waals surface area contributed by atoms with Gasteiger partial charge in [0.15, 0.2) is 10.8 Å². The van der Waals surface area contributed by atoms with Gasteiger partial charge in [0.05, 0.1) is 11.3 Å². The van der Waals surface area contributed by atoms with Gasteiger partial charge in [0, 0.05) is 18.6 Å². The van der Waals surface area contributed by atoms with E-state index in [9.17, 15) is 4.79 Å². The number of nitrogens with zero attached hydrogens (tertiary/aromatic N) is 4. The maximum atomic E-state index is 12.8. The lowest BCUT2D eigenvalue weighted by atomic mass is 10.1. The Kier molecular flexibility index (Phi) is 5.37. The number of carbonyl (C=O) groups is 1. The quantitative estimate of drug-likeness (QED) is 0.497. The van der Waals surface area contributed by atoms with Gasteiger partial charge in [-0.2, -0.15) is 5.10 Å². The molecule has 1 N–H and O–H groups in total. The first-order valence-corrected chi connectivity index (χ1v) is 10.2. The van der Waals surface area contributed by atoms with Crippen LogP contribution in [0.25, 0.3) is 11.4 Å². The minimum absolute atomic E-state index is 0.181. The Labute approximate surface area is 177 Å². The molecule has 0 unspecified atom stereocenters. The summed E-state index contributed by atoms with van der Waals surface area (Å²) in [7, 11) is 1.84. The monoisotopic (exact) mass is 423 g/mol. The molecule has 0 aliphatic carbocycles. The lowest BCUT2D eigenvalue weighted by Crippen LogP contribution is -2.15. The van der Waals surface area contributed by atoms with E-state index in [-0.39, 0.29) is 12.3 Å². The summed E-state index contributed by atoms with van der Waals surface area (Å²) in [5.74, 6) is 0.917. The molecule has 3 heterocycles. The van der Waals surface area contributed by atoms with Crippen LogP contribution < -0.4 is 10.1 Å². The molecule has 0 atom stereocenters. The molecular formula is C21H21N5O3S. The van der Waals surface area contributed by atoms with Crippen LogP contribution >= 0.6 is 11.3 Å². The molecule has 4 rings (SSSR count). The highest BCUT2D eigenvalue weighted by Crippen LogP contribution is 2.26. The fourth-order valence-corrected chi connectivity index (χ4v) is 3.70. The number of thiazole rings is 1. The summed E-state index contributed by atoms with van der Waals surface area (Å²) < 4.78 is 12.9. The van der Waals surface area contributed by atoms with Crippen molar-refractivity contribution in [3.8, 4) is 17.1 Å². The first-order chi connectivity index (χ1) is 14.4. The molecule has 8 nitrogen and oxygen atoms in total. The largest absolute Gasteiger partial charge is 0.488 e. The van der Waals surface area contributed by atoms with E-state index in [0.29, 0.717) is 16.5 Å². The Bertz CT molecular complexity index is 1210. The van der Waals surface area contributed by atoms with Gasteiger partial charge in [-0.05, 0) is 44.0 Å². The molecule has 0 aliphatic heterocycles. The van der Waals surface area contributed by atoms with Crippen molar-refractivity contribution in [3.63, 3.8) is 0 Å². The summed E-state index contributed by atoms with van der Waals surface area (Å²) in [4.78, 5) is 17.3. The summed E-state index contributed by atoms with van der Waals surface area (Å²) in [5.41, 5.74) is 4.60. The number of nitrogens with one attached hydrogen (secondary N) is 1. The summed E-state index contributed by atoms with van der Waals surface area (Å²) >= 11 is 1.33. The molecule has 1 aromatic carbocycles. The number of rotatable bonds is 6. The molecule has 4 aromatic rings. The van der Waals surface area contributed by atoms with Gasteiger partial charge in [0.1, 0.15) is 23.8 Å². The smallest absolute Gasteiger partial charge is 0.280 e. The summed E-state index contributed by atoms with van der Waals surface area (Å²) in [6.45, 7) is 5.97. The van der Waals surface area contributed by atoms with Crippen molar-refractivity contribution in [1.82, 2.24) is 19.9 Å². The van der Waals surface area contributed by atoms with E-state index in [4.69, 9.17) is 9.26 Å². The predicted molar refractivity (Wildman–Crippen MR) is 114 cm³/mol. The number of anilines is 1. The number of hydrogen-bond donors (Lipinski definition) is 1. The van der Waals surface area contributed by atoms with E-state index in [2.05, 4.69) is 20.6 Å². The van der Waals surface area contributed by atoms with E-state index in [0.717, 1.165) is 28.3 Å². The summed E-state index contributed by atoms with van der Waals surface area (Å²) in [5, 5.41) is 13.2. The van der Waals surface area contributed by atoms with Crippen molar-refractivity contribution < 1.29 is 14.1 Å². The molecule has 0 fully saturated rings. The number of amides is 1. The van der Waals surface area contributed by atoms with Gasteiger partial charge in [0.2, 0.25) is 0 Å². The topological polar surface area (TPSA) is 95.1 Å². The van der Waals surface area contributed by atoms with Crippen molar-refractivity contribution in [1.29, 1.82) is 0 Å². The Morgan fingerprint density at radius 2 is 2.10 bits per heavy atom. The van der Waals surface area contributed by atoms with E-state index in [1.54, 1.807) is 17.8 Å². The molecule has 9 heteroatoms. The van der Waals surface area contributed by atoms with Crippen LogP contribution in [0, 0.1) is 20.8 Å². The fourth-order valence-electron chi connectivity index (χ4n) is 3.00. The van der Waals surface area contributed by atoms with Crippen LogP contribution in [0.15, 0.2) is 40.4 Å². The van der Waals surface area contributed by atoms with Gasteiger partial charge in [-0.1, -0.05) is 17.3 Å². The van der Waals surface area contributed by atoms with Crippen molar-refractivity contribution in [2.24, 2.45) is 7.05 Å². The van der Waals surface area contributed by atoms with Crippen LogP contribution in [0.2, 0.25) is 0 Å². The zero-order valence-electron chi connectivity index (χ0n) is 17.1. The SMILES string of the molecule is Cc1cccc(OCc2c(C(=O)Nc3nc(-c4ccnn4C)cs3)noc2C)c1C. The molecule has 0 spiro atoms. The predicted octanol–water partition coefficient (Wildman–Crippen LogP) is 4.29. The van der Waals surface area contributed by atoms with Crippen LogP contribution in [0.5, 0.6) is 5.75 Å². The second kappa shape index (κ2) is 8.11. The molecule has 0 saturated carbocycles. The number of ether oxygens (including phenoxy) is 1. The van der Waals surface area contributed by atoms with Crippen molar-refractivity contribution >= 4 is 22.4 Å². The molecule has 0 bridgehead atoms. The maximum Gasteiger partial charge on any atom is 0.280 e. The van der Waals surface area contributed by atoms with Crippen LogP contribution in [0.3, 0.4) is 0 Å². The van der Waals surface area contributed by atoms with E-state index in [1.807, 2.05) is 50.5 Å². The van der Waals surface area contributed by atoms with E-state index >= 15 is 0 Å². The van der Waals surface area contributed by atoms with Gasteiger partial charge in [-0.25, -0.2) is 4.98 Å². The lowest BCUT2D eigenvalue weighted by Gasteiger charge is -2.11. The summed E-state index contributed by atoms with van der Waals surface area (Å²) in [6.07, 6.45) is 1.70. The third-order valence-corrected chi connectivity index (χ3v) is 5.69. The second-order valence-corrected chi connectivity index (χ2v) is 7.74. The normalized spacial score (nSPS) is 10.9. The van der Waals surface area contributed by atoms with Gasteiger partial charge >= 0.3 is 0 Å². The van der Waals surface area contributed by atoms with Crippen LogP contribution in [-0.2, 0) is 13.7 Å². The van der Waals surface area contributed by atoms with Gasteiger partial charge in [-0.15, -0.1) is 11.3 Å². The molecule has 30 heavy (non-hydrogen) atoms. The number of benzene rings is 1. The van der Waals surface area contributed by atoms with Crippen molar-refractivity contribution in [3.05, 3.63) is 64.0 Å². The fraction of sp³-hybridized carbons (Fsp3) is 0.238. The molecule has 154 valence electrons. The Hall–Kier alpha value is -3.46. The Balaban J connectivity index is 1.50. The molecule has 3 aromatic heterocycles. The van der Waals surface area contributed by atoms with Gasteiger partial charge < -0.3 is 9.26 Å². The average Bonchev–Trinajstić information content (AvgIpc) is 3.43. The molecular weight excluding hydrogens is 402 g/mol. The molecule has 1 amide bonds. The highest BCUT2D eigenvalue weighted by atomic mass is 32.1. The van der Waals surface area contributed by atoms with Crippen LogP contribution in [0.1, 0.15) is 32.9 Å². The maximum absolute atomic E-state index is 12.8. The molecule has 0 radical (unpaired) electrons.